The topological polar surface area (TPSA) is 31.6 Å². The van der Waals surface area contributed by atoms with Crippen molar-refractivity contribution in [2.45, 2.75) is 65.7 Å². The van der Waals surface area contributed by atoms with Crippen molar-refractivity contribution in [1.29, 1.82) is 0 Å². The zero-order valence-electron chi connectivity index (χ0n) is 18.0. The normalized spacial score (nSPS) is 12.5. The first kappa shape index (κ1) is 18.9. The summed E-state index contributed by atoms with van der Waals surface area (Å²) in [5.74, 6) is 0.538. The monoisotopic (exact) mass is 372 g/mol. The van der Waals surface area contributed by atoms with E-state index in [2.05, 4.69) is 94.0 Å². The van der Waals surface area contributed by atoms with Crippen LogP contribution in [0.5, 0.6) is 0 Å². The predicted octanol–water partition coefficient (Wildman–Crippen LogP) is 7.22. The molecular weight excluding hydrogens is 340 g/mol. The lowest BCUT2D eigenvalue weighted by Crippen LogP contribution is -2.13. The number of para-hydroxylation sites is 1. The van der Waals surface area contributed by atoms with Gasteiger partial charge in [0.25, 0.3) is 0 Å². The number of nitrogens with one attached hydrogen (secondary N) is 2. The van der Waals surface area contributed by atoms with Crippen molar-refractivity contribution in [2.24, 2.45) is 0 Å². The Balaban J connectivity index is 1.81. The molecule has 0 aliphatic heterocycles. The largest absolute Gasteiger partial charge is 0.358 e. The standard InChI is InChI=1S/C26H32N2/c1-7-20-24(16(2)3)18-13-12-17(14-22(18)27-20)15-23-25(26(4,5)6)19-10-8-9-11-21(19)28-23/h8-14,16,27-28H,7,15H2,1-6H3. The van der Waals surface area contributed by atoms with Gasteiger partial charge in [-0.1, -0.05) is 71.9 Å². The molecule has 2 N–H and O–H groups in total. The molecule has 0 bridgehead atoms. The Bertz CT molecular complexity index is 1130. The lowest BCUT2D eigenvalue weighted by Gasteiger charge is -2.20. The number of fused-ring (bicyclic) bond motifs is 2. The van der Waals surface area contributed by atoms with E-state index in [1.54, 1.807) is 0 Å². The molecule has 2 aromatic carbocycles. The van der Waals surface area contributed by atoms with Gasteiger partial charge >= 0.3 is 0 Å². The van der Waals surface area contributed by atoms with E-state index in [4.69, 9.17) is 0 Å². The van der Waals surface area contributed by atoms with Gasteiger partial charge in [0.05, 0.1) is 0 Å². The van der Waals surface area contributed by atoms with Crippen LogP contribution < -0.4 is 0 Å². The Labute approximate surface area is 168 Å². The molecule has 0 unspecified atom stereocenters. The number of H-pyrrole nitrogens is 2. The van der Waals surface area contributed by atoms with Crippen molar-refractivity contribution in [3.8, 4) is 0 Å². The first-order chi connectivity index (χ1) is 13.3. The average molecular weight is 373 g/mol. The van der Waals surface area contributed by atoms with E-state index in [0.717, 1.165) is 12.8 Å². The van der Waals surface area contributed by atoms with Crippen molar-refractivity contribution < 1.29 is 0 Å². The summed E-state index contributed by atoms with van der Waals surface area (Å²) in [6.45, 7) is 13.7. The zero-order valence-corrected chi connectivity index (χ0v) is 18.0. The number of aromatic amines is 2. The van der Waals surface area contributed by atoms with Crippen LogP contribution in [0.4, 0.5) is 0 Å². The summed E-state index contributed by atoms with van der Waals surface area (Å²) in [6, 6.07) is 15.6. The zero-order chi connectivity index (χ0) is 20.1. The summed E-state index contributed by atoms with van der Waals surface area (Å²) in [4.78, 5) is 7.39. The highest BCUT2D eigenvalue weighted by atomic mass is 14.7. The van der Waals surface area contributed by atoms with Crippen LogP contribution in [-0.4, -0.2) is 9.97 Å². The summed E-state index contributed by atoms with van der Waals surface area (Å²) in [6.07, 6.45) is 1.97. The molecule has 0 atom stereocenters. The number of hydrogen-bond acceptors (Lipinski definition) is 0. The molecule has 2 aromatic heterocycles. The minimum atomic E-state index is 0.103. The molecule has 2 heterocycles. The summed E-state index contributed by atoms with van der Waals surface area (Å²) >= 11 is 0. The molecule has 4 rings (SSSR count). The van der Waals surface area contributed by atoms with E-state index in [1.165, 1.54) is 49.9 Å². The first-order valence-corrected chi connectivity index (χ1v) is 10.5. The van der Waals surface area contributed by atoms with E-state index in [9.17, 15) is 0 Å². The smallest absolute Gasteiger partial charge is 0.0461 e. The molecular formula is C26H32N2. The lowest BCUT2D eigenvalue weighted by molar-refractivity contribution is 0.589. The molecule has 0 aliphatic carbocycles. The molecule has 2 heteroatoms. The Hall–Kier alpha value is -2.48. The van der Waals surface area contributed by atoms with Gasteiger partial charge in [-0.25, -0.2) is 0 Å². The van der Waals surface area contributed by atoms with E-state index in [-0.39, 0.29) is 5.41 Å². The van der Waals surface area contributed by atoms with Gasteiger partial charge in [0, 0.05) is 39.6 Å². The number of hydrogen-bond donors (Lipinski definition) is 2. The second-order valence-electron chi connectivity index (χ2n) is 9.36. The van der Waals surface area contributed by atoms with Crippen LogP contribution in [0.3, 0.4) is 0 Å². The molecule has 0 saturated carbocycles. The van der Waals surface area contributed by atoms with Gasteiger partial charge < -0.3 is 9.97 Å². The van der Waals surface area contributed by atoms with E-state index >= 15 is 0 Å². The molecule has 0 amide bonds. The SMILES string of the molecule is CCc1[nH]c2cc(Cc3[nH]c4ccccc4c3C(C)(C)C)ccc2c1C(C)C. The maximum absolute atomic E-state index is 3.70. The number of benzene rings is 2. The molecule has 0 radical (unpaired) electrons. The molecule has 0 saturated heterocycles. The summed E-state index contributed by atoms with van der Waals surface area (Å²) in [5, 5.41) is 2.73. The lowest BCUT2D eigenvalue weighted by atomic mass is 9.83. The summed E-state index contributed by atoms with van der Waals surface area (Å²) in [5.41, 5.74) is 9.58. The fourth-order valence-corrected chi connectivity index (χ4v) is 4.76. The Morgan fingerprint density at radius 2 is 1.57 bits per heavy atom. The van der Waals surface area contributed by atoms with Crippen molar-refractivity contribution in [3.05, 3.63) is 70.5 Å². The third-order valence-corrected chi connectivity index (χ3v) is 5.83. The Kier molecular flexibility index (Phi) is 4.61. The summed E-state index contributed by atoms with van der Waals surface area (Å²) < 4.78 is 0. The first-order valence-electron chi connectivity index (χ1n) is 10.5. The van der Waals surface area contributed by atoms with Crippen molar-refractivity contribution in [2.75, 3.05) is 0 Å². The van der Waals surface area contributed by atoms with Crippen LogP contribution in [0.2, 0.25) is 0 Å². The number of aromatic nitrogens is 2. The van der Waals surface area contributed by atoms with Crippen molar-refractivity contribution >= 4 is 21.8 Å². The molecule has 28 heavy (non-hydrogen) atoms. The second-order valence-corrected chi connectivity index (χ2v) is 9.36. The minimum absolute atomic E-state index is 0.103. The molecule has 0 fully saturated rings. The van der Waals surface area contributed by atoms with Crippen LogP contribution >= 0.6 is 0 Å². The van der Waals surface area contributed by atoms with E-state index in [0.29, 0.717) is 5.92 Å². The number of rotatable bonds is 4. The molecule has 4 aromatic rings. The summed E-state index contributed by atoms with van der Waals surface area (Å²) in [7, 11) is 0. The third-order valence-electron chi connectivity index (χ3n) is 5.83. The highest BCUT2D eigenvalue weighted by molar-refractivity contribution is 5.87. The van der Waals surface area contributed by atoms with Crippen LogP contribution in [0.25, 0.3) is 21.8 Å². The predicted molar refractivity (Wildman–Crippen MR) is 122 cm³/mol. The van der Waals surface area contributed by atoms with E-state index < -0.39 is 0 Å². The van der Waals surface area contributed by atoms with Crippen LogP contribution in [0.1, 0.15) is 75.5 Å². The van der Waals surface area contributed by atoms with Crippen LogP contribution in [-0.2, 0) is 18.3 Å². The Morgan fingerprint density at radius 3 is 2.25 bits per heavy atom. The van der Waals surface area contributed by atoms with Crippen LogP contribution in [0, 0.1) is 0 Å². The van der Waals surface area contributed by atoms with Gasteiger partial charge in [0.1, 0.15) is 0 Å². The van der Waals surface area contributed by atoms with Gasteiger partial charge in [-0.15, -0.1) is 0 Å². The Morgan fingerprint density at radius 1 is 0.857 bits per heavy atom. The second kappa shape index (κ2) is 6.84. The minimum Gasteiger partial charge on any atom is -0.358 e. The van der Waals surface area contributed by atoms with Crippen molar-refractivity contribution in [1.82, 2.24) is 9.97 Å². The van der Waals surface area contributed by atoms with Crippen LogP contribution in [0.15, 0.2) is 42.5 Å². The van der Waals surface area contributed by atoms with Gasteiger partial charge in [-0.3, -0.25) is 0 Å². The molecule has 2 nitrogen and oxygen atoms in total. The molecule has 0 spiro atoms. The quantitative estimate of drug-likeness (QED) is 0.379. The maximum atomic E-state index is 3.70. The highest BCUT2D eigenvalue weighted by Crippen LogP contribution is 2.35. The van der Waals surface area contributed by atoms with Gasteiger partial charge in [-0.05, 0) is 46.6 Å². The molecule has 146 valence electrons. The average Bonchev–Trinajstić information content (AvgIpc) is 3.18. The highest BCUT2D eigenvalue weighted by Gasteiger charge is 2.23. The fourth-order valence-electron chi connectivity index (χ4n) is 4.76. The number of aryl methyl sites for hydroxylation is 1. The van der Waals surface area contributed by atoms with Crippen molar-refractivity contribution in [3.63, 3.8) is 0 Å². The molecule has 0 aliphatic rings. The maximum Gasteiger partial charge on any atom is 0.0461 e. The fraction of sp³-hybridized carbons (Fsp3) is 0.385. The van der Waals surface area contributed by atoms with Gasteiger partial charge in [0.15, 0.2) is 0 Å². The van der Waals surface area contributed by atoms with Gasteiger partial charge in [0.2, 0.25) is 0 Å². The van der Waals surface area contributed by atoms with Gasteiger partial charge in [-0.2, -0.15) is 0 Å². The van der Waals surface area contributed by atoms with E-state index in [1.807, 2.05) is 0 Å². The third kappa shape index (κ3) is 3.15.